The number of imide groups is 1. The van der Waals surface area contributed by atoms with Gasteiger partial charge in [-0.3, -0.25) is 14.5 Å². The number of para-hydroxylation sites is 1. The van der Waals surface area contributed by atoms with Crippen LogP contribution in [0.4, 0.5) is 10.6 Å². The molecule has 8 nitrogen and oxygen atoms in total. The second kappa shape index (κ2) is 9.60. The van der Waals surface area contributed by atoms with Crippen LogP contribution in [0, 0.1) is 0 Å². The number of urea groups is 1. The van der Waals surface area contributed by atoms with Crippen LogP contribution in [0.2, 0.25) is 0 Å². The Hall–Kier alpha value is -3.94. The van der Waals surface area contributed by atoms with Crippen LogP contribution in [0.25, 0.3) is 5.69 Å². The molecule has 1 saturated heterocycles. The van der Waals surface area contributed by atoms with Gasteiger partial charge >= 0.3 is 6.03 Å². The van der Waals surface area contributed by atoms with Gasteiger partial charge in [-0.1, -0.05) is 76.6 Å². The average Bonchev–Trinajstić information content (AvgIpc) is 3.35. The molecular weight excluding hydrogens is 454 g/mol. The maximum absolute atomic E-state index is 13.3. The molecule has 2 heterocycles. The highest BCUT2D eigenvalue weighted by Crippen LogP contribution is 2.30. The molecular formula is C28H33N5O3. The fraction of sp³-hybridized carbons (Fsp3) is 0.357. The van der Waals surface area contributed by atoms with Crippen LogP contribution in [0.5, 0.6) is 0 Å². The largest absolute Gasteiger partial charge is 0.325 e. The number of anilines is 1. The summed E-state index contributed by atoms with van der Waals surface area (Å²) in [6.07, 6.45) is 1.97. The molecule has 1 fully saturated rings. The highest BCUT2D eigenvalue weighted by atomic mass is 16.2. The number of hydrogen-bond acceptors (Lipinski definition) is 4. The maximum atomic E-state index is 13.3. The third kappa shape index (κ3) is 4.89. The first kappa shape index (κ1) is 25.2. The smallest absolute Gasteiger partial charge is 0.319 e. The van der Waals surface area contributed by atoms with Crippen LogP contribution in [-0.4, -0.2) is 39.1 Å². The Morgan fingerprint density at radius 2 is 1.72 bits per heavy atom. The van der Waals surface area contributed by atoms with Crippen molar-refractivity contribution in [2.75, 3.05) is 11.9 Å². The number of carbonyl (C=O) groups is 3. The Morgan fingerprint density at radius 3 is 2.33 bits per heavy atom. The van der Waals surface area contributed by atoms with Gasteiger partial charge in [-0.2, -0.15) is 5.10 Å². The van der Waals surface area contributed by atoms with Crippen molar-refractivity contribution in [1.82, 2.24) is 20.0 Å². The van der Waals surface area contributed by atoms with Crippen molar-refractivity contribution in [3.05, 3.63) is 77.5 Å². The third-order valence-electron chi connectivity index (χ3n) is 6.39. The summed E-state index contributed by atoms with van der Waals surface area (Å²) < 4.78 is 1.66. The Kier molecular flexibility index (Phi) is 6.71. The number of rotatable bonds is 7. The Bertz CT molecular complexity index is 1270. The van der Waals surface area contributed by atoms with Crippen LogP contribution in [0.1, 0.15) is 57.9 Å². The predicted octanol–water partition coefficient (Wildman–Crippen LogP) is 4.53. The standard InChI is InChI=1S/C28H33N5O3/c1-6-10-19-13-15-20(16-14-19)28(5)25(35)32(26(36)30-28)18-24(34)29-23-17-22(27(2,3)4)31-33(23)21-11-8-7-9-12-21/h7-9,11-17H,6,10,18H2,1-5H3,(H,29,34)(H,30,36). The molecule has 4 amide bonds. The summed E-state index contributed by atoms with van der Waals surface area (Å²) in [5, 5.41) is 10.3. The number of aromatic nitrogens is 2. The van der Waals surface area contributed by atoms with E-state index in [-0.39, 0.29) is 5.41 Å². The van der Waals surface area contributed by atoms with E-state index in [9.17, 15) is 14.4 Å². The van der Waals surface area contributed by atoms with Gasteiger partial charge in [0.15, 0.2) is 0 Å². The van der Waals surface area contributed by atoms with Crippen LogP contribution < -0.4 is 10.6 Å². The zero-order chi connectivity index (χ0) is 26.1. The number of carbonyl (C=O) groups excluding carboxylic acids is 3. The quantitative estimate of drug-likeness (QED) is 0.479. The summed E-state index contributed by atoms with van der Waals surface area (Å²) in [7, 11) is 0. The molecule has 0 aliphatic carbocycles. The van der Waals surface area contributed by atoms with Gasteiger partial charge in [-0.25, -0.2) is 9.48 Å². The van der Waals surface area contributed by atoms with Gasteiger partial charge in [-0.15, -0.1) is 0 Å². The van der Waals surface area contributed by atoms with Crippen molar-refractivity contribution in [1.29, 1.82) is 0 Å². The molecule has 4 rings (SSSR count). The van der Waals surface area contributed by atoms with Crippen LogP contribution in [0.15, 0.2) is 60.7 Å². The van der Waals surface area contributed by atoms with Gasteiger partial charge < -0.3 is 10.6 Å². The lowest BCUT2D eigenvalue weighted by atomic mass is 9.91. The molecule has 188 valence electrons. The second-order valence-electron chi connectivity index (χ2n) is 10.4. The molecule has 0 bridgehead atoms. The predicted molar refractivity (Wildman–Crippen MR) is 139 cm³/mol. The number of hydrogen-bond donors (Lipinski definition) is 2. The fourth-order valence-electron chi connectivity index (χ4n) is 4.26. The minimum Gasteiger partial charge on any atom is -0.319 e. The van der Waals surface area contributed by atoms with Gasteiger partial charge in [0.2, 0.25) is 5.91 Å². The van der Waals surface area contributed by atoms with Crippen molar-refractivity contribution in [2.45, 2.75) is 58.4 Å². The Balaban J connectivity index is 1.53. The zero-order valence-corrected chi connectivity index (χ0v) is 21.5. The summed E-state index contributed by atoms with van der Waals surface area (Å²) >= 11 is 0. The van der Waals surface area contributed by atoms with Crippen LogP contribution in [0.3, 0.4) is 0 Å². The van der Waals surface area contributed by atoms with Crippen LogP contribution in [-0.2, 0) is 27.0 Å². The molecule has 1 aromatic heterocycles. The van der Waals surface area contributed by atoms with Gasteiger partial charge in [0.1, 0.15) is 17.9 Å². The molecule has 8 heteroatoms. The summed E-state index contributed by atoms with van der Waals surface area (Å²) in [5.41, 5.74) is 1.97. The Labute approximate surface area is 211 Å². The number of aryl methyl sites for hydroxylation is 1. The highest BCUT2D eigenvalue weighted by Gasteiger charge is 2.49. The van der Waals surface area contributed by atoms with E-state index in [4.69, 9.17) is 5.10 Å². The van der Waals surface area contributed by atoms with E-state index in [1.54, 1.807) is 11.6 Å². The number of benzene rings is 2. The van der Waals surface area contributed by atoms with Gasteiger partial charge in [0.25, 0.3) is 5.91 Å². The van der Waals surface area contributed by atoms with E-state index >= 15 is 0 Å². The minimum absolute atomic E-state index is 0.237. The van der Waals surface area contributed by atoms with Crippen molar-refractivity contribution in [3.63, 3.8) is 0 Å². The average molecular weight is 488 g/mol. The van der Waals surface area contributed by atoms with Crippen molar-refractivity contribution < 1.29 is 14.4 Å². The lowest BCUT2D eigenvalue weighted by Gasteiger charge is -2.22. The van der Waals surface area contributed by atoms with Crippen molar-refractivity contribution in [3.8, 4) is 5.69 Å². The number of nitrogens with zero attached hydrogens (tertiary/aromatic N) is 3. The van der Waals surface area contributed by atoms with Crippen LogP contribution >= 0.6 is 0 Å². The van der Waals surface area contributed by atoms with E-state index in [1.807, 2.05) is 81.4 Å². The minimum atomic E-state index is -1.23. The molecule has 0 spiro atoms. The first-order valence-corrected chi connectivity index (χ1v) is 12.2. The highest BCUT2D eigenvalue weighted by molar-refractivity contribution is 6.10. The molecule has 1 aliphatic rings. The molecule has 0 radical (unpaired) electrons. The first-order chi connectivity index (χ1) is 17.0. The van der Waals surface area contributed by atoms with E-state index in [2.05, 4.69) is 17.6 Å². The number of amides is 4. The molecule has 1 atom stereocenters. The topological polar surface area (TPSA) is 96.3 Å². The summed E-state index contributed by atoms with van der Waals surface area (Å²) in [4.78, 5) is 40.1. The Morgan fingerprint density at radius 1 is 1.06 bits per heavy atom. The van der Waals surface area contributed by atoms with E-state index < -0.39 is 29.9 Å². The normalized spacial score (nSPS) is 17.9. The lowest BCUT2D eigenvalue weighted by molar-refractivity contribution is -0.133. The molecule has 2 N–H and O–H groups in total. The first-order valence-electron chi connectivity index (χ1n) is 12.2. The van der Waals surface area contributed by atoms with Gasteiger partial charge in [0, 0.05) is 11.5 Å². The van der Waals surface area contributed by atoms with E-state index in [0.29, 0.717) is 11.4 Å². The molecule has 0 saturated carbocycles. The summed E-state index contributed by atoms with van der Waals surface area (Å²) in [6.45, 7) is 9.49. The molecule has 2 aromatic carbocycles. The van der Waals surface area contributed by atoms with Gasteiger partial charge in [-0.05, 0) is 36.6 Å². The molecule has 36 heavy (non-hydrogen) atoms. The molecule has 1 aliphatic heterocycles. The fourth-order valence-corrected chi connectivity index (χ4v) is 4.26. The molecule has 3 aromatic rings. The monoisotopic (exact) mass is 487 g/mol. The maximum Gasteiger partial charge on any atom is 0.325 e. The summed E-state index contributed by atoms with van der Waals surface area (Å²) in [5.74, 6) is -0.478. The summed E-state index contributed by atoms with van der Waals surface area (Å²) in [6, 6.07) is 18.4. The van der Waals surface area contributed by atoms with Crippen molar-refractivity contribution in [2.24, 2.45) is 0 Å². The van der Waals surface area contributed by atoms with Gasteiger partial charge in [0.05, 0.1) is 11.4 Å². The van der Waals surface area contributed by atoms with Crippen molar-refractivity contribution >= 4 is 23.7 Å². The molecule has 1 unspecified atom stereocenters. The SMILES string of the molecule is CCCc1ccc(C2(C)NC(=O)N(CC(=O)Nc3cc(C(C)(C)C)nn3-c3ccccc3)C2=O)cc1. The van der Waals surface area contributed by atoms with E-state index in [1.165, 1.54) is 5.56 Å². The second-order valence-corrected chi connectivity index (χ2v) is 10.4. The lowest BCUT2D eigenvalue weighted by Crippen LogP contribution is -2.42. The zero-order valence-electron chi connectivity index (χ0n) is 21.5. The van der Waals surface area contributed by atoms with E-state index in [0.717, 1.165) is 29.1 Å². The number of nitrogens with one attached hydrogen (secondary N) is 2. The third-order valence-corrected chi connectivity index (χ3v) is 6.39.